The van der Waals surface area contributed by atoms with E-state index in [9.17, 15) is 19.8 Å². The summed E-state index contributed by atoms with van der Waals surface area (Å²) in [6.45, 7) is 0. The van der Waals surface area contributed by atoms with Gasteiger partial charge >= 0.3 is 0 Å². The van der Waals surface area contributed by atoms with Crippen LogP contribution < -0.4 is 0 Å². The maximum Gasteiger partial charge on any atom is 0.270 e. The molecule has 0 unspecified atom stereocenters. The number of nitriles is 1. The summed E-state index contributed by atoms with van der Waals surface area (Å²) < 4.78 is 15.7. The van der Waals surface area contributed by atoms with Crippen LogP contribution in [0.2, 0.25) is 0 Å². The van der Waals surface area contributed by atoms with E-state index in [0.29, 0.717) is 16.9 Å². The van der Waals surface area contributed by atoms with Crippen molar-refractivity contribution in [2.24, 2.45) is 0 Å². The fourth-order valence-corrected chi connectivity index (χ4v) is 2.49. The molecule has 0 aliphatic rings. The minimum Gasteiger partial charge on any atom is -0.314 e. The smallest absolute Gasteiger partial charge is 0.270 e. The number of halogens is 1. The van der Waals surface area contributed by atoms with Gasteiger partial charge in [0.15, 0.2) is 0 Å². The molecule has 0 aliphatic heterocycles. The van der Waals surface area contributed by atoms with Gasteiger partial charge in [0.05, 0.1) is 22.3 Å². The van der Waals surface area contributed by atoms with Crippen LogP contribution in [0.25, 0.3) is 17.3 Å². The predicted molar refractivity (Wildman–Crippen MR) is 92.3 cm³/mol. The molecular weight excluding hydrogens is 321 g/mol. The van der Waals surface area contributed by atoms with Crippen LogP contribution in [0.15, 0.2) is 66.9 Å². The van der Waals surface area contributed by atoms with Crippen LogP contribution in [-0.4, -0.2) is 9.49 Å². The molecule has 0 bridgehead atoms. The Hall–Kier alpha value is -3.72. The monoisotopic (exact) mass is 333 g/mol. The first-order valence-electron chi connectivity index (χ1n) is 7.39. The van der Waals surface area contributed by atoms with Crippen LogP contribution >= 0.6 is 0 Å². The van der Waals surface area contributed by atoms with Gasteiger partial charge in [0.25, 0.3) is 5.69 Å². The largest absolute Gasteiger partial charge is 0.314 e. The summed E-state index contributed by atoms with van der Waals surface area (Å²) in [5, 5.41) is 20.4. The Morgan fingerprint density at radius 2 is 1.96 bits per heavy atom. The first-order valence-corrected chi connectivity index (χ1v) is 7.39. The minimum atomic E-state index is -0.513. The van der Waals surface area contributed by atoms with E-state index in [4.69, 9.17) is 0 Å². The zero-order valence-corrected chi connectivity index (χ0v) is 13.0. The van der Waals surface area contributed by atoms with Gasteiger partial charge in [-0.3, -0.25) is 10.1 Å². The van der Waals surface area contributed by atoms with Crippen LogP contribution in [0.3, 0.4) is 0 Å². The summed E-state index contributed by atoms with van der Waals surface area (Å²) in [6, 6.07) is 17.7. The number of aromatic nitrogens is 1. The predicted octanol–water partition coefficient (Wildman–Crippen LogP) is 4.59. The number of hydrogen-bond donors (Lipinski definition) is 0. The summed E-state index contributed by atoms with van der Waals surface area (Å²) in [7, 11) is 0. The van der Waals surface area contributed by atoms with Gasteiger partial charge in [-0.2, -0.15) is 5.26 Å². The molecule has 3 aromatic rings. The maximum absolute atomic E-state index is 14.0. The van der Waals surface area contributed by atoms with Crippen molar-refractivity contribution in [1.29, 1.82) is 5.26 Å². The van der Waals surface area contributed by atoms with E-state index in [0.717, 1.165) is 0 Å². The lowest BCUT2D eigenvalue weighted by Crippen LogP contribution is -1.98. The van der Waals surface area contributed by atoms with Crippen molar-refractivity contribution in [3.63, 3.8) is 0 Å². The van der Waals surface area contributed by atoms with Crippen molar-refractivity contribution in [2.45, 2.75) is 0 Å². The van der Waals surface area contributed by atoms with Crippen LogP contribution in [-0.2, 0) is 0 Å². The zero-order valence-electron chi connectivity index (χ0n) is 13.0. The molecule has 0 atom stereocenters. The Balaban J connectivity index is 2.07. The van der Waals surface area contributed by atoms with Crippen molar-refractivity contribution in [3.05, 3.63) is 94.0 Å². The van der Waals surface area contributed by atoms with E-state index < -0.39 is 4.92 Å². The van der Waals surface area contributed by atoms with Crippen molar-refractivity contribution in [3.8, 4) is 11.8 Å². The lowest BCUT2D eigenvalue weighted by Gasteiger charge is -2.08. The molecule has 5 nitrogen and oxygen atoms in total. The van der Waals surface area contributed by atoms with Crippen LogP contribution in [0.1, 0.15) is 11.3 Å². The Bertz CT molecular complexity index is 1020. The molecule has 1 heterocycles. The van der Waals surface area contributed by atoms with Gasteiger partial charge in [0.1, 0.15) is 5.82 Å². The van der Waals surface area contributed by atoms with E-state index in [2.05, 4.69) is 0 Å². The number of hydrogen-bond acceptors (Lipinski definition) is 3. The molecule has 2 aromatic carbocycles. The van der Waals surface area contributed by atoms with E-state index in [1.165, 1.54) is 24.3 Å². The Morgan fingerprint density at radius 3 is 2.68 bits per heavy atom. The summed E-state index contributed by atoms with van der Waals surface area (Å²) in [5.74, 6) is -0.387. The van der Waals surface area contributed by atoms with Gasteiger partial charge < -0.3 is 4.57 Å². The topological polar surface area (TPSA) is 71.9 Å². The highest BCUT2D eigenvalue weighted by molar-refractivity contribution is 5.89. The third-order valence-electron chi connectivity index (χ3n) is 3.67. The molecule has 6 heteroatoms. The molecule has 0 N–H and O–H groups in total. The molecule has 1 aromatic heterocycles. The second kappa shape index (κ2) is 6.81. The number of benzene rings is 2. The molecule has 0 fully saturated rings. The van der Waals surface area contributed by atoms with Crippen molar-refractivity contribution in [1.82, 2.24) is 4.57 Å². The standard InChI is InChI=1S/C19H12FN3O2/c20-18-8-1-2-9-19(18)22-10-4-7-16(22)12-15(13-21)14-5-3-6-17(11-14)23(24)25/h1-12H/b15-12-. The summed E-state index contributed by atoms with van der Waals surface area (Å²) in [4.78, 5) is 10.4. The molecule has 122 valence electrons. The van der Waals surface area contributed by atoms with E-state index in [1.54, 1.807) is 53.2 Å². The zero-order chi connectivity index (χ0) is 17.8. The van der Waals surface area contributed by atoms with Gasteiger partial charge in [0.2, 0.25) is 0 Å². The lowest BCUT2D eigenvalue weighted by atomic mass is 10.1. The number of nitrogens with zero attached hydrogens (tertiary/aromatic N) is 3. The van der Waals surface area contributed by atoms with Crippen molar-refractivity contribution >= 4 is 17.3 Å². The third-order valence-corrected chi connectivity index (χ3v) is 3.67. The molecular formula is C19H12FN3O2. The summed E-state index contributed by atoms with van der Waals surface area (Å²) in [6.07, 6.45) is 3.26. The normalized spacial score (nSPS) is 11.1. The number of rotatable bonds is 4. The average molecular weight is 333 g/mol. The fraction of sp³-hybridized carbons (Fsp3) is 0. The van der Waals surface area contributed by atoms with E-state index >= 15 is 0 Å². The second-order valence-corrected chi connectivity index (χ2v) is 5.23. The Kier molecular flexibility index (Phi) is 4.40. The summed E-state index contributed by atoms with van der Waals surface area (Å²) >= 11 is 0. The first kappa shape index (κ1) is 16.1. The van der Waals surface area contributed by atoms with E-state index in [1.807, 2.05) is 6.07 Å². The van der Waals surface area contributed by atoms with Crippen LogP contribution in [0, 0.1) is 27.3 Å². The first-order chi connectivity index (χ1) is 12.1. The van der Waals surface area contributed by atoms with Gasteiger partial charge in [0, 0.05) is 24.0 Å². The molecule has 0 spiro atoms. The minimum absolute atomic E-state index is 0.0943. The lowest BCUT2D eigenvalue weighted by molar-refractivity contribution is -0.384. The van der Waals surface area contributed by atoms with Gasteiger partial charge in [-0.1, -0.05) is 24.3 Å². The Labute approximate surface area is 143 Å². The number of nitro groups is 1. The highest BCUT2D eigenvalue weighted by Crippen LogP contribution is 2.24. The Morgan fingerprint density at radius 1 is 1.16 bits per heavy atom. The van der Waals surface area contributed by atoms with E-state index in [-0.39, 0.29) is 17.1 Å². The second-order valence-electron chi connectivity index (χ2n) is 5.23. The quantitative estimate of drug-likeness (QED) is 0.398. The average Bonchev–Trinajstić information content (AvgIpc) is 3.08. The third kappa shape index (κ3) is 3.31. The summed E-state index contributed by atoms with van der Waals surface area (Å²) in [5.41, 5.74) is 1.53. The van der Waals surface area contributed by atoms with Gasteiger partial charge in [-0.15, -0.1) is 0 Å². The number of nitro benzene ring substituents is 1. The molecule has 0 saturated carbocycles. The molecule has 0 aliphatic carbocycles. The molecule has 3 rings (SSSR count). The highest BCUT2D eigenvalue weighted by Gasteiger charge is 2.11. The highest BCUT2D eigenvalue weighted by atomic mass is 19.1. The van der Waals surface area contributed by atoms with Crippen LogP contribution in [0.5, 0.6) is 0 Å². The molecule has 25 heavy (non-hydrogen) atoms. The van der Waals surface area contributed by atoms with Crippen LogP contribution in [0.4, 0.5) is 10.1 Å². The van der Waals surface area contributed by atoms with Gasteiger partial charge in [-0.25, -0.2) is 4.39 Å². The van der Waals surface area contributed by atoms with Gasteiger partial charge in [-0.05, 0) is 35.9 Å². The number of non-ortho nitro benzene ring substituents is 1. The molecule has 0 radical (unpaired) electrons. The SMILES string of the molecule is N#C/C(=C/c1cccn1-c1ccccc1F)c1cccc([N+](=O)[O-])c1. The number of allylic oxidation sites excluding steroid dienone is 1. The molecule has 0 amide bonds. The fourth-order valence-electron chi connectivity index (χ4n) is 2.49. The number of para-hydroxylation sites is 1. The van der Waals surface area contributed by atoms with Crippen molar-refractivity contribution in [2.75, 3.05) is 0 Å². The molecule has 0 saturated heterocycles. The van der Waals surface area contributed by atoms with Crippen molar-refractivity contribution < 1.29 is 9.31 Å². The maximum atomic E-state index is 14.0.